The molecular formula is C21H28F2. The van der Waals surface area contributed by atoms with Gasteiger partial charge in [-0.3, -0.25) is 0 Å². The van der Waals surface area contributed by atoms with E-state index in [1.54, 1.807) is 25.1 Å². The van der Waals surface area contributed by atoms with Crippen LogP contribution in [0.2, 0.25) is 0 Å². The maximum absolute atomic E-state index is 13.5. The van der Waals surface area contributed by atoms with Crippen molar-refractivity contribution in [3.05, 3.63) is 47.5 Å². The summed E-state index contributed by atoms with van der Waals surface area (Å²) in [7, 11) is 0. The Morgan fingerprint density at radius 3 is 2.22 bits per heavy atom. The first kappa shape index (κ1) is 12.2. The summed E-state index contributed by atoms with van der Waals surface area (Å²) in [6, 6.07) is 4.13. The van der Waals surface area contributed by atoms with Crippen LogP contribution in [0.1, 0.15) is 75.2 Å². The van der Waals surface area contributed by atoms with E-state index >= 15 is 0 Å². The van der Waals surface area contributed by atoms with Crippen LogP contribution in [-0.4, -0.2) is 0 Å². The Morgan fingerprint density at radius 1 is 0.957 bits per heavy atom. The summed E-state index contributed by atoms with van der Waals surface area (Å²) < 4.78 is 60.3. The Kier molecular flexibility index (Phi) is 4.03. The molecule has 0 spiro atoms. The number of hydrogen-bond donors (Lipinski definition) is 0. The van der Waals surface area contributed by atoms with E-state index in [0.29, 0.717) is 18.8 Å². The molecule has 2 aliphatic rings. The van der Waals surface area contributed by atoms with Gasteiger partial charge in [-0.25, -0.2) is 8.78 Å². The molecule has 0 atom stereocenters. The Morgan fingerprint density at radius 2 is 1.61 bits per heavy atom. The van der Waals surface area contributed by atoms with Gasteiger partial charge in [0.1, 0.15) is 0 Å². The average Bonchev–Trinajstić information content (AvgIpc) is 2.60. The lowest BCUT2D eigenvalue weighted by Gasteiger charge is -2.37. The average molecular weight is 322 g/mol. The minimum absolute atomic E-state index is 0.0300. The van der Waals surface area contributed by atoms with Gasteiger partial charge in [0, 0.05) is 5.48 Å². The third-order valence-corrected chi connectivity index (χ3v) is 5.44. The summed E-state index contributed by atoms with van der Waals surface area (Å²) in [4.78, 5) is 0. The first-order valence-corrected chi connectivity index (χ1v) is 8.72. The lowest BCUT2D eigenvalue weighted by atomic mass is 9.68. The van der Waals surface area contributed by atoms with E-state index in [1.165, 1.54) is 12.1 Å². The Labute approximate surface area is 144 Å². The Balaban J connectivity index is 1.66. The van der Waals surface area contributed by atoms with Crippen molar-refractivity contribution >= 4 is 0 Å². The summed E-state index contributed by atoms with van der Waals surface area (Å²) in [6.45, 7) is 1.80. The molecule has 2 saturated carbocycles. The molecule has 3 rings (SSSR count). The molecule has 0 heterocycles. The van der Waals surface area contributed by atoms with E-state index in [4.69, 9.17) is 5.48 Å². The van der Waals surface area contributed by atoms with Crippen LogP contribution in [0.5, 0.6) is 0 Å². The molecule has 0 nitrogen and oxygen atoms in total. The quantitative estimate of drug-likeness (QED) is 0.548. The van der Waals surface area contributed by atoms with Crippen LogP contribution in [0, 0.1) is 29.4 Å². The fraction of sp³-hybridized carbons (Fsp3) is 0.619. The van der Waals surface area contributed by atoms with Crippen LogP contribution < -0.4 is 0 Å². The monoisotopic (exact) mass is 322 g/mol. The van der Waals surface area contributed by atoms with Crippen molar-refractivity contribution in [3.8, 4) is 0 Å². The zero-order chi connectivity index (χ0) is 19.8. The molecular weight excluding hydrogens is 290 g/mol. The van der Waals surface area contributed by atoms with Gasteiger partial charge >= 0.3 is 0 Å². The third-order valence-electron chi connectivity index (χ3n) is 5.44. The molecule has 2 heteroatoms. The molecule has 0 aliphatic heterocycles. The highest BCUT2D eigenvalue weighted by molar-refractivity contribution is 5.22. The number of allylic oxidation sites excluding steroid dienone is 2. The molecule has 0 radical (unpaired) electrons. The maximum Gasteiger partial charge on any atom is 0.159 e. The van der Waals surface area contributed by atoms with E-state index < -0.39 is 30.3 Å². The van der Waals surface area contributed by atoms with Gasteiger partial charge in [0.25, 0.3) is 0 Å². The van der Waals surface area contributed by atoms with Crippen molar-refractivity contribution < 1.29 is 14.3 Å². The molecule has 0 saturated heterocycles. The number of hydrogen-bond acceptors (Lipinski definition) is 0. The lowest BCUT2D eigenvalue weighted by molar-refractivity contribution is 0.171. The van der Waals surface area contributed by atoms with Crippen molar-refractivity contribution in [2.75, 3.05) is 0 Å². The lowest BCUT2D eigenvalue weighted by Crippen LogP contribution is -2.25. The minimum Gasteiger partial charge on any atom is -0.204 e. The van der Waals surface area contributed by atoms with Crippen molar-refractivity contribution in [2.24, 2.45) is 17.8 Å². The minimum atomic E-state index is -1.55. The number of halogens is 2. The molecule has 0 bridgehead atoms. The molecule has 0 amide bonds. The van der Waals surface area contributed by atoms with Crippen LogP contribution >= 0.6 is 0 Å². The molecule has 23 heavy (non-hydrogen) atoms. The van der Waals surface area contributed by atoms with Gasteiger partial charge in [-0.2, -0.15) is 0 Å². The smallest absolute Gasteiger partial charge is 0.159 e. The Bertz CT molecular complexity index is 675. The first-order chi connectivity index (χ1) is 12.6. The van der Waals surface area contributed by atoms with Gasteiger partial charge < -0.3 is 0 Å². The van der Waals surface area contributed by atoms with Gasteiger partial charge in [-0.05, 0) is 99.6 Å². The van der Waals surface area contributed by atoms with Crippen LogP contribution in [-0.2, 0) is 0 Å². The molecule has 0 N–H and O–H groups in total. The van der Waals surface area contributed by atoms with Crippen molar-refractivity contribution in [2.45, 2.75) is 64.1 Å². The highest BCUT2D eigenvalue weighted by atomic mass is 19.2. The third kappa shape index (κ3) is 4.02. The second-order valence-electron chi connectivity index (χ2n) is 6.87. The molecule has 2 fully saturated rings. The second kappa shape index (κ2) is 7.59. The molecule has 0 aromatic heterocycles. The maximum atomic E-state index is 13.5. The van der Waals surface area contributed by atoms with Crippen LogP contribution in [0.25, 0.3) is 0 Å². The fourth-order valence-corrected chi connectivity index (χ4v) is 4.05. The topological polar surface area (TPSA) is 0 Å². The zero-order valence-electron chi connectivity index (χ0n) is 17.7. The fourth-order valence-electron chi connectivity index (χ4n) is 4.05. The first-order valence-electron chi connectivity index (χ1n) is 10.7. The largest absolute Gasteiger partial charge is 0.204 e. The van der Waals surface area contributed by atoms with E-state index in [2.05, 4.69) is 0 Å². The predicted octanol–water partition coefficient (Wildman–Crippen LogP) is 6.62. The zero-order valence-corrected chi connectivity index (χ0v) is 13.7. The predicted molar refractivity (Wildman–Crippen MR) is 91.3 cm³/mol. The van der Waals surface area contributed by atoms with E-state index in [-0.39, 0.29) is 11.8 Å². The SMILES string of the molecule is [2H]C1([2H])CC(C2CCC(c3ccc(F)c(F)c3)CC2)CC([2H])([2H])C1/C=C/C. The molecule has 126 valence electrons. The number of rotatable bonds is 3. The summed E-state index contributed by atoms with van der Waals surface area (Å²) >= 11 is 0. The van der Waals surface area contributed by atoms with Crippen molar-refractivity contribution in [1.82, 2.24) is 0 Å². The van der Waals surface area contributed by atoms with Crippen LogP contribution in [0.4, 0.5) is 8.78 Å². The van der Waals surface area contributed by atoms with E-state index in [0.717, 1.165) is 31.2 Å². The van der Waals surface area contributed by atoms with Crippen LogP contribution in [0.15, 0.2) is 30.4 Å². The van der Waals surface area contributed by atoms with E-state index in [9.17, 15) is 8.78 Å². The van der Waals surface area contributed by atoms with Gasteiger partial charge in [0.2, 0.25) is 0 Å². The molecule has 2 aliphatic carbocycles. The van der Waals surface area contributed by atoms with Crippen molar-refractivity contribution in [1.29, 1.82) is 0 Å². The molecule has 1 aromatic rings. The van der Waals surface area contributed by atoms with Gasteiger partial charge in [0.05, 0.1) is 0 Å². The molecule has 0 unspecified atom stereocenters. The summed E-state index contributed by atoms with van der Waals surface area (Å²) in [5.74, 6) is -1.81. The van der Waals surface area contributed by atoms with Gasteiger partial charge in [-0.15, -0.1) is 0 Å². The number of benzene rings is 1. The van der Waals surface area contributed by atoms with Gasteiger partial charge in [0.15, 0.2) is 11.6 Å². The van der Waals surface area contributed by atoms with Crippen molar-refractivity contribution in [3.63, 3.8) is 0 Å². The highest BCUT2D eigenvalue weighted by Crippen LogP contribution is 2.44. The summed E-state index contributed by atoms with van der Waals surface area (Å²) in [5.41, 5.74) is 0.829. The molecule has 1 aromatic carbocycles. The second-order valence-corrected chi connectivity index (χ2v) is 6.87. The normalized spacial score (nSPS) is 39.3. The highest BCUT2D eigenvalue weighted by Gasteiger charge is 2.30. The van der Waals surface area contributed by atoms with Gasteiger partial charge in [-0.1, -0.05) is 18.2 Å². The van der Waals surface area contributed by atoms with Crippen LogP contribution in [0.3, 0.4) is 0 Å². The summed E-state index contributed by atoms with van der Waals surface area (Å²) in [6.07, 6.45) is 4.59. The Hall–Kier alpha value is -1.18. The van der Waals surface area contributed by atoms with E-state index in [1.807, 2.05) is 0 Å². The summed E-state index contributed by atoms with van der Waals surface area (Å²) in [5, 5.41) is 0. The standard InChI is InChI=1S/C21H28F2/c1-2-3-15-4-6-16(7-5-15)17-8-10-18(11-9-17)19-12-13-20(22)21(23)14-19/h2-3,12-18H,4-11H2,1H3/b3-2+/i4D2,5D2.